The third-order valence-corrected chi connectivity index (χ3v) is 5.45. The van der Waals surface area contributed by atoms with Gasteiger partial charge in [0.05, 0.1) is 6.61 Å². The van der Waals surface area contributed by atoms with Gasteiger partial charge in [-0.2, -0.15) is 0 Å². The van der Waals surface area contributed by atoms with Gasteiger partial charge in [-0.3, -0.25) is 4.79 Å². The Morgan fingerprint density at radius 1 is 1.00 bits per heavy atom. The predicted molar refractivity (Wildman–Crippen MR) is 132 cm³/mol. The standard InChI is InChI=1S/C28H27NO4/c1-5-31-26-17-27-25(19(3)20(4)32-27)16-24(26)18(2)15-28(30)29-21-11-13-23(14-12-21)33-22-9-7-6-8-10-22/h6-17H,5H2,1-4H3,(H,29,30)/b18-15+. The van der Waals surface area contributed by atoms with Crippen LogP contribution in [-0.4, -0.2) is 12.5 Å². The number of ether oxygens (including phenoxy) is 2. The average Bonchev–Trinajstić information content (AvgIpc) is 3.08. The smallest absolute Gasteiger partial charge is 0.248 e. The van der Waals surface area contributed by atoms with Crippen molar-refractivity contribution in [1.82, 2.24) is 0 Å². The molecule has 5 heteroatoms. The Labute approximate surface area is 193 Å². The summed E-state index contributed by atoms with van der Waals surface area (Å²) in [5.74, 6) is 2.82. The third kappa shape index (κ3) is 5.09. The van der Waals surface area contributed by atoms with Crippen molar-refractivity contribution in [2.75, 3.05) is 11.9 Å². The molecular weight excluding hydrogens is 414 g/mol. The molecule has 1 heterocycles. The molecule has 4 aromatic rings. The fourth-order valence-corrected chi connectivity index (χ4v) is 3.64. The van der Waals surface area contributed by atoms with Crippen molar-refractivity contribution in [1.29, 1.82) is 0 Å². The molecule has 0 bridgehead atoms. The quantitative estimate of drug-likeness (QED) is 0.306. The highest BCUT2D eigenvalue weighted by molar-refractivity contribution is 6.04. The molecule has 3 aromatic carbocycles. The molecule has 0 aliphatic rings. The summed E-state index contributed by atoms with van der Waals surface area (Å²) in [7, 11) is 0. The maximum atomic E-state index is 12.7. The average molecular weight is 442 g/mol. The maximum absolute atomic E-state index is 12.7. The molecular formula is C28H27NO4. The van der Waals surface area contributed by atoms with Crippen LogP contribution in [0.15, 0.2) is 77.2 Å². The van der Waals surface area contributed by atoms with Gasteiger partial charge < -0.3 is 19.2 Å². The molecule has 33 heavy (non-hydrogen) atoms. The summed E-state index contributed by atoms with van der Waals surface area (Å²) in [5, 5.41) is 3.93. The highest BCUT2D eigenvalue weighted by Gasteiger charge is 2.14. The lowest BCUT2D eigenvalue weighted by atomic mass is 10.0. The summed E-state index contributed by atoms with van der Waals surface area (Å²) in [6.45, 7) is 8.34. The van der Waals surface area contributed by atoms with Crippen LogP contribution < -0.4 is 14.8 Å². The van der Waals surface area contributed by atoms with Gasteiger partial charge in [-0.05, 0) is 81.3 Å². The highest BCUT2D eigenvalue weighted by Crippen LogP contribution is 2.35. The number of para-hydroxylation sites is 1. The van der Waals surface area contributed by atoms with Gasteiger partial charge in [-0.25, -0.2) is 0 Å². The number of allylic oxidation sites excluding steroid dienone is 1. The van der Waals surface area contributed by atoms with Crippen LogP contribution in [0.2, 0.25) is 0 Å². The number of benzene rings is 3. The molecule has 0 radical (unpaired) electrons. The Bertz CT molecular complexity index is 1300. The monoisotopic (exact) mass is 441 g/mol. The number of fused-ring (bicyclic) bond motifs is 1. The number of hydrogen-bond donors (Lipinski definition) is 1. The van der Waals surface area contributed by atoms with E-state index in [9.17, 15) is 4.79 Å². The number of carbonyl (C=O) groups is 1. The number of aryl methyl sites for hydroxylation is 2. The number of rotatable bonds is 7. The molecule has 5 nitrogen and oxygen atoms in total. The minimum Gasteiger partial charge on any atom is -0.493 e. The molecule has 1 amide bonds. The van der Waals surface area contributed by atoms with Crippen molar-refractivity contribution in [3.63, 3.8) is 0 Å². The molecule has 4 rings (SSSR count). The van der Waals surface area contributed by atoms with E-state index in [1.165, 1.54) is 0 Å². The molecule has 1 N–H and O–H groups in total. The molecule has 0 saturated heterocycles. The number of carbonyl (C=O) groups excluding carboxylic acids is 1. The maximum Gasteiger partial charge on any atom is 0.248 e. The van der Waals surface area contributed by atoms with Crippen LogP contribution in [0.1, 0.15) is 30.7 Å². The van der Waals surface area contributed by atoms with E-state index in [4.69, 9.17) is 13.9 Å². The number of nitrogens with one attached hydrogen (secondary N) is 1. The van der Waals surface area contributed by atoms with Gasteiger partial charge in [0.1, 0.15) is 28.6 Å². The zero-order valence-corrected chi connectivity index (χ0v) is 19.3. The minimum absolute atomic E-state index is 0.216. The summed E-state index contributed by atoms with van der Waals surface area (Å²) in [6.07, 6.45) is 1.58. The summed E-state index contributed by atoms with van der Waals surface area (Å²) < 4.78 is 17.5. The van der Waals surface area contributed by atoms with Gasteiger partial charge >= 0.3 is 0 Å². The van der Waals surface area contributed by atoms with Gasteiger partial charge in [0.15, 0.2) is 0 Å². The topological polar surface area (TPSA) is 60.7 Å². The van der Waals surface area contributed by atoms with Crippen LogP contribution in [0.4, 0.5) is 5.69 Å². The van der Waals surface area contributed by atoms with Crippen LogP contribution >= 0.6 is 0 Å². The van der Waals surface area contributed by atoms with Crippen molar-refractivity contribution in [2.45, 2.75) is 27.7 Å². The van der Waals surface area contributed by atoms with E-state index in [1.807, 2.05) is 94.4 Å². The van der Waals surface area contributed by atoms with E-state index in [1.54, 1.807) is 6.08 Å². The Morgan fingerprint density at radius 3 is 2.39 bits per heavy atom. The summed E-state index contributed by atoms with van der Waals surface area (Å²) in [4.78, 5) is 12.7. The van der Waals surface area contributed by atoms with E-state index in [0.717, 1.165) is 39.2 Å². The first kappa shape index (κ1) is 22.2. The first-order chi connectivity index (χ1) is 15.9. The summed E-state index contributed by atoms with van der Waals surface area (Å²) in [6, 6.07) is 20.8. The highest BCUT2D eigenvalue weighted by atomic mass is 16.5. The molecule has 0 fully saturated rings. The molecule has 0 saturated carbocycles. The number of amides is 1. The second kappa shape index (κ2) is 9.65. The molecule has 0 aliphatic carbocycles. The van der Waals surface area contributed by atoms with Crippen LogP contribution in [0.3, 0.4) is 0 Å². The van der Waals surface area contributed by atoms with Gasteiger partial charge in [-0.1, -0.05) is 18.2 Å². The van der Waals surface area contributed by atoms with E-state index >= 15 is 0 Å². The van der Waals surface area contributed by atoms with Gasteiger partial charge in [0, 0.05) is 28.8 Å². The first-order valence-corrected chi connectivity index (χ1v) is 10.9. The molecule has 0 spiro atoms. The predicted octanol–water partition coefficient (Wildman–Crippen LogP) is 7.28. The number of hydrogen-bond acceptors (Lipinski definition) is 4. The third-order valence-electron chi connectivity index (χ3n) is 5.45. The lowest BCUT2D eigenvalue weighted by Crippen LogP contribution is -2.08. The fraction of sp³-hybridized carbons (Fsp3) is 0.179. The first-order valence-electron chi connectivity index (χ1n) is 10.9. The largest absolute Gasteiger partial charge is 0.493 e. The van der Waals surface area contributed by atoms with E-state index in [0.29, 0.717) is 23.8 Å². The van der Waals surface area contributed by atoms with E-state index < -0.39 is 0 Å². The van der Waals surface area contributed by atoms with E-state index in [2.05, 4.69) is 5.32 Å². The summed E-state index contributed by atoms with van der Waals surface area (Å²) >= 11 is 0. The molecule has 0 atom stereocenters. The Hall–Kier alpha value is -3.99. The Morgan fingerprint density at radius 2 is 1.70 bits per heavy atom. The Balaban J connectivity index is 1.51. The second-order valence-electron chi connectivity index (χ2n) is 7.82. The number of anilines is 1. The molecule has 168 valence electrons. The molecule has 0 aliphatic heterocycles. The van der Waals surface area contributed by atoms with Crippen LogP contribution in [0.25, 0.3) is 16.5 Å². The van der Waals surface area contributed by atoms with E-state index in [-0.39, 0.29) is 5.91 Å². The van der Waals surface area contributed by atoms with Crippen molar-refractivity contribution < 1.29 is 18.7 Å². The Kier molecular flexibility index (Phi) is 6.50. The van der Waals surface area contributed by atoms with Crippen molar-refractivity contribution in [3.8, 4) is 17.2 Å². The zero-order valence-electron chi connectivity index (χ0n) is 19.3. The zero-order chi connectivity index (χ0) is 23.4. The van der Waals surface area contributed by atoms with Crippen LogP contribution in [0.5, 0.6) is 17.2 Å². The van der Waals surface area contributed by atoms with Gasteiger partial charge in [-0.15, -0.1) is 0 Å². The van der Waals surface area contributed by atoms with Crippen LogP contribution in [0, 0.1) is 13.8 Å². The van der Waals surface area contributed by atoms with Crippen molar-refractivity contribution in [2.24, 2.45) is 0 Å². The minimum atomic E-state index is -0.216. The van der Waals surface area contributed by atoms with Crippen molar-refractivity contribution >= 4 is 28.1 Å². The van der Waals surface area contributed by atoms with Gasteiger partial charge in [0.2, 0.25) is 5.91 Å². The van der Waals surface area contributed by atoms with Crippen molar-refractivity contribution in [3.05, 3.63) is 89.7 Å². The van der Waals surface area contributed by atoms with Gasteiger partial charge in [0.25, 0.3) is 0 Å². The second-order valence-corrected chi connectivity index (χ2v) is 7.82. The number of furan rings is 1. The molecule has 1 aromatic heterocycles. The fourth-order valence-electron chi connectivity index (χ4n) is 3.64. The van der Waals surface area contributed by atoms with Crippen LogP contribution in [-0.2, 0) is 4.79 Å². The SMILES string of the molecule is CCOc1cc2oc(C)c(C)c2cc1/C(C)=C/C(=O)Nc1ccc(Oc2ccccc2)cc1. The summed E-state index contributed by atoms with van der Waals surface area (Å²) in [5.41, 5.74) is 4.23. The molecule has 0 unspecified atom stereocenters. The normalized spacial score (nSPS) is 11.5. The lowest BCUT2D eigenvalue weighted by Gasteiger charge is -2.11. The lowest BCUT2D eigenvalue weighted by molar-refractivity contribution is -0.111.